The standard InChI is InChI=1S/C18H18ClN3O3/c19-14-2-1-3-15(10-14)22-7-5-21(6-8-22)12-16-11-17(23)18(13-25-16)24-9-4-20/h1-3,10-11,13H,5-9,12H2/p+1. The van der Waals surface area contributed by atoms with Crippen LogP contribution in [0.1, 0.15) is 5.76 Å². The Labute approximate surface area is 150 Å². The molecule has 25 heavy (non-hydrogen) atoms. The number of quaternary nitrogens is 1. The fourth-order valence-electron chi connectivity index (χ4n) is 2.92. The highest BCUT2D eigenvalue weighted by molar-refractivity contribution is 6.30. The molecule has 130 valence electrons. The lowest BCUT2D eigenvalue weighted by atomic mass is 10.2. The minimum Gasteiger partial charge on any atom is -0.471 e. The Bertz CT molecular complexity index is 823. The fraction of sp³-hybridized carbons (Fsp3) is 0.333. The SMILES string of the molecule is N#CCOc1coc(C[NH+]2CCN(c3cccc(Cl)c3)CC2)cc1=O. The second-order valence-electron chi connectivity index (χ2n) is 5.92. The maximum Gasteiger partial charge on any atom is 0.227 e. The summed E-state index contributed by atoms with van der Waals surface area (Å²) in [4.78, 5) is 15.6. The zero-order valence-electron chi connectivity index (χ0n) is 13.7. The van der Waals surface area contributed by atoms with Crippen LogP contribution in [0.2, 0.25) is 5.02 Å². The van der Waals surface area contributed by atoms with Gasteiger partial charge in [-0.1, -0.05) is 17.7 Å². The Kier molecular flexibility index (Phi) is 5.59. The monoisotopic (exact) mass is 360 g/mol. The van der Waals surface area contributed by atoms with E-state index >= 15 is 0 Å². The largest absolute Gasteiger partial charge is 0.471 e. The first-order valence-electron chi connectivity index (χ1n) is 8.11. The van der Waals surface area contributed by atoms with E-state index in [1.54, 1.807) is 0 Å². The van der Waals surface area contributed by atoms with Crippen molar-refractivity contribution in [2.24, 2.45) is 0 Å². The van der Waals surface area contributed by atoms with Crippen LogP contribution >= 0.6 is 11.6 Å². The maximum absolute atomic E-state index is 11.9. The van der Waals surface area contributed by atoms with E-state index in [-0.39, 0.29) is 17.8 Å². The average Bonchev–Trinajstić information content (AvgIpc) is 2.62. The molecule has 0 radical (unpaired) electrons. The van der Waals surface area contributed by atoms with E-state index in [0.717, 1.165) is 36.9 Å². The molecular weight excluding hydrogens is 342 g/mol. The van der Waals surface area contributed by atoms with Crippen molar-refractivity contribution in [3.8, 4) is 11.8 Å². The Morgan fingerprint density at radius 3 is 2.80 bits per heavy atom. The van der Waals surface area contributed by atoms with Crippen molar-refractivity contribution < 1.29 is 14.1 Å². The summed E-state index contributed by atoms with van der Waals surface area (Å²) in [6, 6.07) is 11.1. The highest BCUT2D eigenvalue weighted by atomic mass is 35.5. The summed E-state index contributed by atoms with van der Waals surface area (Å²) in [5.41, 5.74) is 0.880. The molecule has 7 heteroatoms. The molecule has 1 fully saturated rings. The molecule has 3 rings (SSSR count). The predicted octanol–water partition coefficient (Wildman–Crippen LogP) is 1.10. The molecule has 6 nitrogen and oxygen atoms in total. The lowest BCUT2D eigenvalue weighted by Crippen LogP contribution is -3.13. The molecule has 0 aliphatic carbocycles. The third-order valence-electron chi connectivity index (χ3n) is 4.21. The van der Waals surface area contributed by atoms with Crippen molar-refractivity contribution in [2.75, 3.05) is 37.7 Å². The highest BCUT2D eigenvalue weighted by Crippen LogP contribution is 2.19. The zero-order chi connectivity index (χ0) is 17.6. The van der Waals surface area contributed by atoms with Crippen molar-refractivity contribution in [1.82, 2.24) is 0 Å². The van der Waals surface area contributed by atoms with Gasteiger partial charge < -0.3 is 19.0 Å². The van der Waals surface area contributed by atoms with Crippen molar-refractivity contribution in [1.29, 1.82) is 5.26 Å². The number of benzene rings is 1. The molecule has 0 unspecified atom stereocenters. The van der Waals surface area contributed by atoms with Crippen LogP contribution < -0.4 is 20.0 Å². The number of ether oxygens (including phenoxy) is 1. The van der Waals surface area contributed by atoms with E-state index in [0.29, 0.717) is 12.3 Å². The van der Waals surface area contributed by atoms with Gasteiger partial charge in [0.2, 0.25) is 11.2 Å². The minimum absolute atomic E-state index is 0.0751. The fourth-order valence-corrected chi connectivity index (χ4v) is 3.11. The van der Waals surface area contributed by atoms with Gasteiger partial charge in [-0.25, -0.2) is 0 Å². The lowest BCUT2D eigenvalue weighted by molar-refractivity contribution is -0.915. The maximum atomic E-state index is 11.9. The summed E-state index contributed by atoms with van der Waals surface area (Å²) in [5.74, 6) is 0.701. The van der Waals surface area contributed by atoms with Crippen LogP contribution in [0, 0.1) is 11.3 Å². The first-order chi connectivity index (χ1) is 12.2. The molecule has 0 saturated carbocycles. The molecule has 1 aliphatic rings. The first-order valence-corrected chi connectivity index (χ1v) is 8.49. The number of rotatable bonds is 5. The minimum atomic E-state index is -0.256. The molecule has 0 atom stereocenters. The van der Waals surface area contributed by atoms with Crippen LogP contribution in [0.15, 0.2) is 45.8 Å². The van der Waals surface area contributed by atoms with Gasteiger partial charge >= 0.3 is 0 Å². The predicted molar refractivity (Wildman–Crippen MR) is 94.2 cm³/mol. The topological polar surface area (TPSA) is 70.9 Å². The molecule has 1 aromatic carbocycles. The third-order valence-corrected chi connectivity index (χ3v) is 4.45. The summed E-state index contributed by atoms with van der Waals surface area (Å²) in [5, 5.41) is 9.23. The second kappa shape index (κ2) is 8.06. The average molecular weight is 361 g/mol. The van der Waals surface area contributed by atoms with Gasteiger partial charge in [0.05, 0.1) is 26.2 Å². The Morgan fingerprint density at radius 1 is 1.32 bits per heavy atom. The molecule has 1 N–H and O–H groups in total. The molecule has 2 heterocycles. The third kappa shape index (κ3) is 4.53. The van der Waals surface area contributed by atoms with Gasteiger partial charge in [0.25, 0.3) is 0 Å². The normalized spacial score (nSPS) is 15.0. The van der Waals surface area contributed by atoms with Gasteiger partial charge in [-0.15, -0.1) is 0 Å². The number of anilines is 1. The molecule has 2 aromatic rings. The molecule has 0 bridgehead atoms. The van der Waals surface area contributed by atoms with Crippen molar-refractivity contribution in [3.05, 3.63) is 57.6 Å². The summed E-state index contributed by atoms with van der Waals surface area (Å²) in [7, 11) is 0. The van der Waals surface area contributed by atoms with Crippen LogP contribution in [0.4, 0.5) is 5.69 Å². The number of nitrogens with one attached hydrogen (secondary N) is 1. The van der Waals surface area contributed by atoms with E-state index in [2.05, 4.69) is 11.0 Å². The summed E-state index contributed by atoms with van der Waals surface area (Å²) >= 11 is 6.06. The number of hydrogen-bond donors (Lipinski definition) is 1. The van der Waals surface area contributed by atoms with Gasteiger partial charge in [-0.05, 0) is 18.2 Å². The van der Waals surface area contributed by atoms with Crippen LogP contribution in [0.3, 0.4) is 0 Å². The van der Waals surface area contributed by atoms with E-state index in [9.17, 15) is 4.79 Å². The number of nitrogens with zero attached hydrogens (tertiary/aromatic N) is 2. The van der Waals surface area contributed by atoms with Gasteiger partial charge in [-0.2, -0.15) is 5.26 Å². The molecule has 1 aromatic heterocycles. The van der Waals surface area contributed by atoms with Crippen molar-refractivity contribution in [2.45, 2.75) is 6.54 Å². The van der Waals surface area contributed by atoms with Gasteiger partial charge in [0.15, 0.2) is 12.4 Å². The molecular formula is C18H19ClN3O3+. The highest BCUT2D eigenvalue weighted by Gasteiger charge is 2.21. The van der Waals surface area contributed by atoms with E-state index in [1.165, 1.54) is 17.2 Å². The van der Waals surface area contributed by atoms with Gasteiger partial charge in [-0.3, -0.25) is 4.79 Å². The Balaban J connectivity index is 1.56. The molecule has 1 aliphatic heterocycles. The zero-order valence-corrected chi connectivity index (χ0v) is 14.5. The molecule has 1 saturated heterocycles. The van der Waals surface area contributed by atoms with E-state index in [4.69, 9.17) is 26.0 Å². The van der Waals surface area contributed by atoms with Gasteiger partial charge in [0.1, 0.15) is 18.9 Å². The van der Waals surface area contributed by atoms with E-state index in [1.807, 2.05) is 24.3 Å². The quantitative estimate of drug-likeness (QED) is 0.864. The number of halogens is 1. The van der Waals surface area contributed by atoms with Crippen LogP contribution in [0.5, 0.6) is 5.75 Å². The van der Waals surface area contributed by atoms with Gasteiger partial charge in [0, 0.05) is 16.8 Å². The number of piperazine rings is 1. The second-order valence-corrected chi connectivity index (χ2v) is 6.35. The van der Waals surface area contributed by atoms with E-state index < -0.39 is 0 Å². The number of nitriles is 1. The van der Waals surface area contributed by atoms with Crippen molar-refractivity contribution >= 4 is 17.3 Å². The molecule has 0 amide bonds. The first kappa shape index (κ1) is 17.3. The Hall–Kier alpha value is -2.49. The van der Waals surface area contributed by atoms with Crippen molar-refractivity contribution in [3.63, 3.8) is 0 Å². The molecule has 0 spiro atoms. The Morgan fingerprint density at radius 2 is 2.12 bits per heavy atom. The summed E-state index contributed by atoms with van der Waals surface area (Å²) in [6.45, 7) is 4.22. The van der Waals surface area contributed by atoms with Crippen LogP contribution in [0.25, 0.3) is 0 Å². The van der Waals surface area contributed by atoms with Crippen LogP contribution in [-0.2, 0) is 6.54 Å². The van der Waals surface area contributed by atoms with Crippen LogP contribution in [-0.4, -0.2) is 32.8 Å². The lowest BCUT2D eigenvalue weighted by Gasteiger charge is -2.33. The smallest absolute Gasteiger partial charge is 0.227 e. The summed E-state index contributed by atoms with van der Waals surface area (Å²) in [6.07, 6.45) is 1.29. The number of hydrogen-bond acceptors (Lipinski definition) is 5. The summed E-state index contributed by atoms with van der Waals surface area (Å²) < 4.78 is 10.5.